The Balaban J connectivity index is 2.07. The minimum Gasteiger partial charge on any atom is -0.478 e. The van der Waals surface area contributed by atoms with Crippen molar-refractivity contribution < 1.29 is 73.7 Å². The van der Waals surface area contributed by atoms with Gasteiger partial charge in [0.1, 0.15) is 0 Å². The number of hydrogen-bond acceptors (Lipinski definition) is 9. The molecule has 6 N–H and O–H groups in total. The highest BCUT2D eigenvalue weighted by Crippen LogP contribution is 2.35. The van der Waals surface area contributed by atoms with E-state index in [1.807, 2.05) is 0 Å². The van der Waals surface area contributed by atoms with Gasteiger partial charge in [0.2, 0.25) is 0 Å². The minimum atomic E-state index is -2.10. The predicted octanol–water partition coefficient (Wildman–Crippen LogP) is 3.18. The molecular weight excluding hydrogens is 576 g/mol. The molecule has 0 radical (unpaired) electrons. The summed E-state index contributed by atoms with van der Waals surface area (Å²) in [5.74, 6) is -15.8. The number of carboxylic acids is 6. The minimum absolute atomic E-state index is 0.424. The number of carboxylic acid groups (broad SMARTS) is 6. The van der Waals surface area contributed by atoms with Gasteiger partial charge in [-0.25, -0.2) is 38.4 Å². The Morgan fingerprint density at radius 3 is 0.791 bits per heavy atom. The quantitative estimate of drug-likeness (QED) is 0.127. The molecule has 15 heteroatoms. The van der Waals surface area contributed by atoms with Gasteiger partial charge in [0.05, 0.1) is 44.5 Å². The maximum absolute atomic E-state index is 13.4. The predicted molar refractivity (Wildman–Crippen MR) is 139 cm³/mol. The summed E-state index contributed by atoms with van der Waals surface area (Å²) in [4.78, 5) is 99.4. The van der Waals surface area contributed by atoms with Crippen LogP contribution in [0.15, 0.2) is 48.5 Å². The Morgan fingerprint density at radius 2 is 0.558 bits per heavy atom. The normalized spacial score (nSPS) is 10.7. The second-order valence-corrected chi connectivity index (χ2v) is 8.60. The van der Waals surface area contributed by atoms with Crippen LogP contribution in [0.1, 0.15) is 82.9 Å². The molecule has 0 aliphatic carbocycles. The van der Waals surface area contributed by atoms with Crippen molar-refractivity contribution in [2.75, 3.05) is 0 Å². The first-order valence-electron chi connectivity index (χ1n) is 11.5. The van der Waals surface area contributed by atoms with Gasteiger partial charge in [0.15, 0.2) is 0 Å². The molecule has 216 valence electrons. The molecule has 0 saturated heterocycles. The molecule has 4 rings (SSSR count). The Kier molecular flexibility index (Phi) is 7.33. The topological polar surface area (TPSA) is 267 Å². The number of ether oxygens (including phenoxy) is 1. The van der Waals surface area contributed by atoms with Gasteiger partial charge >= 0.3 is 47.8 Å². The van der Waals surface area contributed by atoms with Crippen molar-refractivity contribution >= 4 is 69.3 Å². The molecule has 0 aliphatic rings. The highest BCUT2D eigenvalue weighted by Gasteiger charge is 2.37. The van der Waals surface area contributed by atoms with Crippen molar-refractivity contribution in [1.82, 2.24) is 0 Å². The summed E-state index contributed by atoms with van der Waals surface area (Å²) in [7, 11) is 0. The van der Waals surface area contributed by atoms with Crippen LogP contribution in [0.2, 0.25) is 0 Å². The lowest BCUT2D eigenvalue weighted by Gasteiger charge is -2.17. The summed E-state index contributed by atoms with van der Waals surface area (Å²) in [6.07, 6.45) is 0. The largest absolute Gasteiger partial charge is 0.478 e. The van der Waals surface area contributed by atoms with Crippen LogP contribution < -0.4 is 0 Å². The third kappa shape index (κ3) is 4.71. The number of esters is 2. The van der Waals surface area contributed by atoms with E-state index < -0.39 is 114 Å². The van der Waals surface area contributed by atoms with Crippen LogP contribution >= 0.6 is 0 Å². The zero-order chi connectivity index (χ0) is 31.9. The van der Waals surface area contributed by atoms with E-state index in [4.69, 9.17) is 4.74 Å². The maximum atomic E-state index is 13.4. The summed E-state index contributed by atoms with van der Waals surface area (Å²) in [6, 6.07) is 9.20. The van der Waals surface area contributed by atoms with Gasteiger partial charge in [-0.1, -0.05) is 48.5 Å². The van der Waals surface area contributed by atoms with Crippen LogP contribution in [-0.2, 0) is 4.74 Å². The van der Waals surface area contributed by atoms with Gasteiger partial charge in [-0.15, -0.1) is 0 Å². The number of fused-ring (bicyclic) bond motifs is 2. The molecule has 15 nitrogen and oxygen atoms in total. The lowest BCUT2D eigenvalue weighted by molar-refractivity contribution is 0.0388. The van der Waals surface area contributed by atoms with Gasteiger partial charge in [-0.05, 0) is 21.5 Å². The monoisotopic (exact) mass is 590 g/mol. The fourth-order valence-corrected chi connectivity index (χ4v) is 4.79. The van der Waals surface area contributed by atoms with Crippen LogP contribution in [0.25, 0.3) is 21.5 Å². The Morgan fingerprint density at radius 1 is 0.349 bits per heavy atom. The van der Waals surface area contributed by atoms with Gasteiger partial charge in [0, 0.05) is 0 Å². The number of carbonyl (C=O) groups excluding carboxylic acids is 2. The first-order chi connectivity index (χ1) is 20.2. The SMILES string of the molecule is O=C(O)c1c(C(=O)O)c(C(=O)OC(=O)c2c(C(=O)O)c(C(=O)O)c(C(=O)O)c3ccccc23)c2ccccc2c1C(=O)O. The molecule has 0 heterocycles. The molecule has 0 spiro atoms. The van der Waals surface area contributed by atoms with Gasteiger partial charge in [-0.3, -0.25) is 0 Å². The third-order valence-electron chi connectivity index (χ3n) is 6.31. The van der Waals surface area contributed by atoms with E-state index in [9.17, 15) is 69.0 Å². The zero-order valence-corrected chi connectivity index (χ0v) is 21.0. The molecule has 0 saturated carbocycles. The number of benzene rings is 4. The maximum Gasteiger partial charge on any atom is 0.347 e. The zero-order valence-electron chi connectivity index (χ0n) is 21.0. The highest BCUT2D eigenvalue weighted by molar-refractivity contribution is 6.27. The standard InChI is InChI=1S/C28H14O15/c29-21(30)13-9-5-1-3-7-11(9)15(19(25(37)38)17(13)23(33)34)27(41)43-28(42)16-12-8-4-2-6-10(12)14(22(31)32)18(24(35)36)20(16)26(39)40/h1-8H,(H,29,30)(H,31,32)(H,33,34)(H,35,36)(H,37,38)(H,39,40). The van der Waals surface area contributed by atoms with Crippen LogP contribution in [0, 0.1) is 0 Å². The van der Waals surface area contributed by atoms with E-state index >= 15 is 0 Å². The van der Waals surface area contributed by atoms with Crippen molar-refractivity contribution in [3.05, 3.63) is 93.0 Å². The lowest BCUT2D eigenvalue weighted by Crippen LogP contribution is -2.25. The molecule has 4 aromatic carbocycles. The molecule has 0 unspecified atom stereocenters. The Bertz CT molecular complexity index is 1860. The second-order valence-electron chi connectivity index (χ2n) is 8.60. The number of hydrogen-bond donors (Lipinski definition) is 6. The smallest absolute Gasteiger partial charge is 0.347 e. The van der Waals surface area contributed by atoms with E-state index in [-0.39, 0.29) is 0 Å². The molecule has 43 heavy (non-hydrogen) atoms. The summed E-state index contributed by atoms with van der Waals surface area (Å²) in [5, 5.41) is 56.8. The van der Waals surface area contributed by atoms with Crippen LogP contribution in [0.3, 0.4) is 0 Å². The molecule has 0 amide bonds. The number of carbonyl (C=O) groups is 8. The molecule has 0 bridgehead atoms. The lowest BCUT2D eigenvalue weighted by atomic mass is 9.88. The van der Waals surface area contributed by atoms with E-state index in [0.717, 1.165) is 24.3 Å². The fraction of sp³-hybridized carbons (Fsp3) is 0. The van der Waals surface area contributed by atoms with Gasteiger partial charge in [0.25, 0.3) is 0 Å². The molecule has 4 aromatic rings. The molecule has 0 aliphatic heterocycles. The van der Waals surface area contributed by atoms with E-state index in [1.165, 1.54) is 24.3 Å². The summed E-state index contributed by atoms with van der Waals surface area (Å²) in [6.45, 7) is 0. The summed E-state index contributed by atoms with van der Waals surface area (Å²) < 4.78 is 4.81. The first kappa shape index (κ1) is 29.3. The van der Waals surface area contributed by atoms with Gasteiger partial charge in [-0.2, -0.15) is 0 Å². The summed E-state index contributed by atoms with van der Waals surface area (Å²) >= 11 is 0. The van der Waals surface area contributed by atoms with Gasteiger partial charge < -0.3 is 35.4 Å². The first-order valence-corrected chi connectivity index (χ1v) is 11.5. The van der Waals surface area contributed by atoms with Crippen LogP contribution in [0.5, 0.6) is 0 Å². The molecule has 0 aromatic heterocycles. The van der Waals surface area contributed by atoms with Crippen LogP contribution in [-0.4, -0.2) is 78.4 Å². The van der Waals surface area contributed by atoms with E-state index in [0.29, 0.717) is 0 Å². The van der Waals surface area contributed by atoms with E-state index in [2.05, 4.69) is 0 Å². The average molecular weight is 590 g/mol. The highest BCUT2D eigenvalue weighted by atomic mass is 16.6. The van der Waals surface area contributed by atoms with Crippen molar-refractivity contribution in [2.45, 2.75) is 0 Å². The molecule has 0 atom stereocenters. The number of aromatic carboxylic acids is 6. The second kappa shape index (κ2) is 10.7. The Labute approximate surface area is 236 Å². The van der Waals surface area contributed by atoms with Crippen molar-refractivity contribution in [3.8, 4) is 0 Å². The average Bonchev–Trinajstić information content (AvgIpc) is 2.93. The van der Waals surface area contributed by atoms with E-state index in [1.54, 1.807) is 0 Å². The van der Waals surface area contributed by atoms with Crippen LogP contribution in [0.4, 0.5) is 0 Å². The summed E-state index contributed by atoms with van der Waals surface area (Å²) in [5.41, 5.74) is -9.52. The fourth-order valence-electron chi connectivity index (χ4n) is 4.79. The molecular formula is C28H14O15. The van der Waals surface area contributed by atoms with Crippen molar-refractivity contribution in [1.29, 1.82) is 0 Å². The Hall–Kier alpha value is -6.64. The third-order valence-corrected chi connectivity index (χ3v) is 6.31. The number of rotatable bonds is 8. The van der Waals surface area contributed by atoms with Crippen molar-refractivity contribution in [2.24, 2.45) is 0 Å². The molecule has 0 fully saturated rings. The van der Waals surface area contributed by atoms with Crippen molar-refractivity contribution in [3.63, 3.8) is 0 Å².